The predicted molar refractivity (Wildman–Crippen MR) is 138 cm³/mol. The van der Waals surface area contributed by atoms with Crippen LogP contribution < -0.4 is 4.90 Å². The number of benzene rings is 1. The molecular weight excluding hydrogens is 442 g/mol. The van der Waals surface area contributed by atoms with E-state index in [2.05, 4.69) is 13.5 Å². The molecule has 5 atom stereocenters. The van der Waals surface area contributed by atoms with Crippen LogP contribution in [-0.2, 0) is 9.53 Å². The summed E-state index contributed by atoms with van der Waals surface area (Å²) in [7, 11) is 3.94. The Labute approximate surface area is 208 Å². The minimum absolute atomic E-state index is 0.0461. The monoisotopic (exact) mass is 481 g/mol. The van der Waals surface area contributed by atoms with Crippen LogP contribution >= 0.6 is 0 Å². The van der Waals surface area contributed by atoms with Crippen molar-refractivity contribution in [1.82, 2.24) is 0 Å². The zero-order chi connectivity index (χ0) is 25.5. The first-order valence-corrected chi connectivity index (χ1v) is 12.6. The molecule has 2 fully saturated rings. The van der Waals surface area contributed by atoms with E-state index in [4.69, 9.17) is 4.74 Å². The molecule has 1 heterocycles. The van der Waals surface area contributed by atoms with Crippen LogP contribution in [0.15, 0.2) is 53.5 Å². The van der Waals surface area contributed by atoms with Crippen molar-refractivity contribution in [1.29, 1.82) is 0 Å². The average Bonchev–Trinajstić information content (AvgIpc) is 3.08. The number of ether oxygens (including phenoxy) is 1. The van der Waals surface area contributed by atoms with Crippen LogP contribution in [0.4, 0.5) is 5.69 Å². The largest absolute Gasteiger partial charge is 0.504 e. The van der Waals surface area contributed by atoms with E-state index in [1.165, 1.54) is 0 Å². The van der Waals surface area contributed by atoms with E-state index in [1.807, 2.05) is 50.2 Å². The van der Waals surface area contributed by atoms with Crippen LogP contribution in [0.1, 0.15) is 57.9 Å². The number of hydrogen-bond donors (Lipinski definition) is 3. The highest BCUT2D eigenvalue weighted by molar-refractivity contribution is 5.94. The Hall–Kier alpha value is -2.57. The summed E-state index contributed by atoms with van der Waals surface area (Å²) < 4.78 is 5.43. The molecule has 1 aromatic carbocycles. The van der Waals surface area contributed by atoms with Gasteiger partial charge in [-0.3, -0.25) is 0 Å². The summed E-state index contributed by atoms with van der Waals surface area (Å²) >= 11 is 0. The quantitative estimate of drug-likeness (QED) is 0.392. The van der Waals surface area contributed by atoms with E-state index in [9.17, 15) is 20.1 Å². The van der Waals surface area contributed by atoms with Crippen molar-refractivity contribution in [2.75, 3.05) is 25.6 Å². The molecule has 6 heteroatoms. The number of carbonyl (C=O) groups is 1. The molecule has 0 aromatic heterocycles. The van der Waals surface area contributed by atoms with Gasteiger partial charge in [0, 0.05) is 25.2 Å². The molecule has 4 rings (SSSR count). The first-order valence-electron chi connectivity index (χ1n) is 12.6. The number of cyclic esters (lactones) is 1. The number of aliphatic hydroxyl groups is 3. The van der Waals surface area contributed by atoms with Gasteiger partial charge in [0.1, 0.15) is 0 Å². The van der Waals surface area contributed by atoms with E-state index in [1.54, 1.807) is 6.08 Å². The second-order valence-electron chi connectivity index (χ2n) is 11.3. The van der Waals surface area contributed by atoms with E-state index in [0.29, 0.717) is 24.8 Å². The van der Waals surface area contributed by atoms with Crippen LogP contribution in [0.2, 0.25) is 0 Å². The average molecular weight is 482 g/mol. The highest BCUT2D eigenvalue weighted by Crippen LogP contribution is 2.62. The van der Waals surface area contributed by atoms with Gasteiger partial charge in [0.25, 0.3) is 0 Å². The molecule has 0 spiro atoms. The summed E-state index contributed by atoms with van der Waals surface area (Å²) in [6, 6.07) is 7.78. The Bertz CT molecular complexity index is 1060. The summed E-state index contributed by atoms with van der Waals surface area (Å²) in [5.41, 5.74) is 2.69. The van der Waals surface area contributed by atoms with Crippen LogP contribution in [0, 0.1) is 22.7 Å². The lowest BCUT2D eigenvalue weighted by Crippen LogP contribution is -2.57. The minimum atomic E-state index is -0.544. The molecule has 3 aliphatic rings. The summed E-state index contributed by atoms with van der Waals surface area (Å²) in [6.07, 6.45) is 5.46. The molecular formula is C29H39NO5. The molecule has 2 aliphatic carbocycles. The summed E-state index contributed by atoms with van der Waals surface area (Å²) in [5, 5.41) is 31.7. The standard InChI is InChI=1S/C29H39NO5/c1-18-6-13-24-28(2,15-14-25(32)29(24,3)17-31)22(18)12-11-21-26(33)23(35-27(21)34)16-19-7-9-20(10-8-19)30(4)5/h7-10,16,22,24-25,31-33H,1,6,11-15,17H2,2-5H3/t22-,24+,25-,28+,29+/m1/s1. The van der Waals surface area contributed by atoms with Gasteiger partial charge in [0.2, 0.25) is 0 Å². The molecule has 1 aliphatic heterocycles. The van der Waals surface area contributed by atoms with E-state index in [-0.39, 0.29) is 35.4 Å². The van der Waals surface area contributed by atoms with Crippen LogP contribution in [0.3, 0.4) is 0 Å². The topological polar surface area (TPSA) is 90.2 Å². The first-order chi connectivity index (χ1) is 16.5. The van der Waals surface area contributed by atoms with Crippen molar-refractivity contribution in [3.63, 3.8) is 0 Å². The predicted octanol–water partition coefficient (Wildman–Crippen LogP) is 4.98. The second kappa shape index (κ2) is 9.47. The van der Waals surface area contributed by atoms with Gasteiger partial charge < -0.3 is 25.0 Å². The number of allylic oxidation sites excluding steroid dienone is 1. The summed E-state index contributed by atoms with van der Waals surface area (Å²) in [5.74, 6) is -0.102. The van der Waals surface area contributed by atoms with Crippen LogP contribution in [0.5, 0.6) is 0 Å². The van der Waals surface area contributed by atoms with E-state index in [0.717, 1.165) is 36.1 Å². The number of carbonyl (C=O) groups excluding carboxylic acids is 1. The lowest BCUT2D eigenvalue weighted by atomic mass is 9.46. The van der Waals surface area contributed by atoms with Gasteiger partial charge in [0.05, 0.1) is 18.3 Å². The number of anilines is 1. The van der Waals surface area contributed by atoms with Gasteiger partial charge in [-0.1, -0.05) is 38.1 Å². The fourth-order valence-electron chi connectivity index (χ4n) is 6.82. The van der Waals surface area contributed by atoms with Gasteiger partial charge in [-0.25, -0.2) is 4.79 Å². The third kappa shape index (κ3) is 4.43. The minimum Gasteiger partial charge on any atom is -0.504 e. The zero-order valence-electron chi connectivity index (χ0n) is 21.4. The van der Waals surface area contributed by atoms with Gasteiger partial charge in [-0.2, -0.15) is 0 Å². The van der Waals surface area contributed by atoms with Crippen molar-refractivity contribution < 1.29 is 24.9 Å². The number of rotatable bonds is 6. The first kappa shape index (κ1) is 25.5. The summed E-state index contributed by atoms with van der Waals surface area (Å²) in [6.45, 7) is 8.56. The Kier molecular flexibility index (Phi) is 6.91. The normalized spacial score (nSPS) is 34.2. The molecule has 0 amide bonds. The Balaban J connectivity index is 1.54. The SMILES string of the molecule is C=C1CC[C@@H]2[C@](C)(CO)[C@H](O)CC[C@@]2(C)[C@@H]1CCC1=C(O)C(=Cc2ccc(N(C)C)cc2)OC1=O. The number of nitrogens with zero attached hydrogens (tertiary/aromatic N) is 1. The maximum Gasteiger partial charge on any atom is 0.343 e. The van der Waals surface area contributed by atoms with Gasteiger partial charge >= 0.3 is 5.97 Å². The molecule has 2 saturated carbocycles. The Morgan fingerprint density at radius 2 is 1.89 bits per heavy atom. The number of fused-ring (bicyclic) bond motifs is 1. The lowest BCUT2D eigenvalue weighted by Gasteiger charge is -2.60. The fraction of sp³-hybridized carbons (Fsp3) is 0.552. The number of aliphatic hydroxyl groups excluding tert-OH is 3. The van der Waals surface area contributed by atoms with E-state index < -0.39 is 17.5 Å². The second-order valence-corrected chi connectivity index (χ2v) is 11.3. The Morgan fingerprint density at radius 3 is 2.51 bits per heavy atom. The molecule has 1 aromatic rings. The van der Waals surface area contributed by atoms with Gasteiger partial charge in [0.15, 0.2) is 11.5 Å². The molecule has 3 N–H and O–H groups in total. The molecule has 0 bridgehead atoms. The lowest BCUT2D eigenvalue weighted by molar-refractivity contribution is -0.152. The smallest absolute Gasteiger partial charge is 0.343 e. The third-order valence-electron chi connectivity index (χ3n) is 9.05. The van der Waals surface area contributed by atoms with E-state index >= 15 is 0 Å². The van der Waals surface area contributed by atoms with Crippen LogP contribution in [0.25, 0.3) is 6.08 Å². The zero-order valence-corrected chi connectivity index (χ0v) is 21.4. The molecule has 35 heavy (non-hydrogen) atoms. The number of esters is 1. The number of hydrogen-bond acceptors (Lipinski definition) is 6. The van der Waals surface area contributed by atoms with Crippen molar-refractivity contribution in [2.24, 2.45) is 22.7 Å². The fourth-order valence-corrected chi connectivity index (χ4v) is 6.82. The van der Waals surface area contributed by atoms with Crippen molar-refractivity contribution >= 4 is 17.7 Å². The molecule has 0 radical (unpaired) electrons. The summed E-state index contributed by atoms with van der Waals surface area (Å²) in [4.78, 5) is 14.7. The van der Waals surface area contributed by atoms with Crippen molar-refractivity contribution in [3.05, 3.63) is 59.1 Å². The highest BCUT2D eigenvalue weighted by atomic mass is 16.6. The maximum absolute atomic E-state index is 12.7. The molecule has 0 saturated heterocycles. The third-order valence-corrected chi connectivity index (χ3v) is 9.05. The van der Waals surface area contributed by atoms with Gasteiger partial charge in [-0.05, 0) is 79.5 Å². The molecule has 0 unspecified atom stereocenters. The highest BCUT2D eigenvalue weighted by Gasteiger charge is 2.57. The molecule has 6 nitrogen and oxygen atoms in total. The van der Waals surface area contributed by atoms with Crippen molar-refractivity contribution in [3.8, 4) is 0 Å². The molecule has 190 valence electrons. The van der Waals surface area contributed by atoms with Gasteiger partial charge in [-0.15, -0.1) is 0 Å². The van der Waals surface area contributed by atoms with Crippen molar-refractivity contribution in [2.45, 2.75) is 58.5 Å². The van der Waals surface area contributed by atoms with Crippen LogP contribution in [-0.4, -0.2) is 48.1 Å². The Morgan fingerprint density at radius 1 is 1.20 bits per heavy atom. The maximum atomic E-state index is 12.7.